The van der Waals surface area contributed by atoms with Crippen molar-refractivity contribution in [3.8, 4) is 5.75 Å². The molecule has 8 atom stereocenters. The number of H-pyrrole nitrogens is 1. The van der Waals surface area contributed by atoms with Crippen molar-refractivity contribution in [1.82, 2.24) is 31.2 Å². The summed E-state index contributed by atoms with van der Waals surface area (Å²) in [5.41, 5.74) is 8.49. The van der Waals surface area contributed by atoms with Crippen LogP contribution in [0.3, 0.4) is 0 Å². The van der Waals surface area contributed by atoms with Gasteiger partial charge in [-0.15, -0.1) is 11.6 Å². The number of carbonyl (C=O) groups is 9. The number of alkyl halides is 1. The Hall–Kier alpha value is -8.66. The van der Waals surface area contributed by atoms with Crippen LogP contribution in [0.2, 0.25) is 0 Å². The Morgan fingerprint density at radius 2 is 1.52 bits per heavy atom. The molecular weight excluding hydrogens is 1140 g/mol. The molecule has 27 heteroatoms. The second kappa shape index (κ2) is 29.0. The van der Waals surface area contributed by atoms with Gasteiger partial charge in [0.2, 0.25) is 29.9 Å². The smallest absolute Gasteiger partial charge is 0.407 e. The van der Waals surface area contributed by atoms with Crippen LogP contribution in [-0.4, -0.2) is 165 Å². The van der Waals surface area contributed by atoms with Crippen molar-refractivity contribution < 1.29 is 77.8 Å². The zero-order chi connectivity index (χ0) is 61.8. The van der Waals surface area contributed by atoms with Crippen molar-refractivity contribution in [2.24, 2.45) is 11.7 Å². The van der Waals surface area contributed by atoms with Crippen LogP contribution in [0, 0.1) is 5.92 Å². The summed E-state index contributed by atoms with van der Waals surface area (Å²) in [5.74, 6) is -3.60. The number of nitrogens with two attached hydrogens (primary N) is 1. The SMILES string of the molecule is CC(C)C(NC(=O)CCCCCN1C(=O)C=CC1=O)C(=O)NC(CCCNC(N)=O)C(=O)Nc1ccc(COC(=O)NCC(=O)Nc2ccc3[nH]c(C(=O)N4CC(CCl)c5c4cc(OC4OC(CO)C(O)C(O)C4O)c4ccccc54)cc3c2)cc1. The Balaban J connectivity index is 0.810. The summed E-state index contributed by atoms with van der Waals surface area (Å²) in [6.07, 6.45) is -4.17. The Labute approximate surface area is 498 Å². The number of ether oxygens (including phenoxy) is 3. The molecule has 5 aromatic rings. The lowest BCUT2D eigenvalue weighted by Gasteiger charge is -2.39. The number of halogens is 1. The fourth-order valence-corrected chi connectivity index (χ4v) is 10.5. The molecule has 4 aromatic carbocycles. The van der Waals surface area contributed by atoms with Gasteiger partial charge in [0.15, 0.2) is 0 Å². The van der Waals surface area contributed by atoms with E-state index in [1.54, 1.807) is 85.5 Å². The maximum absolute atomic E-state index is 14.4. The van der Waals surface area contributed by atoms with Gasteiger partial charge >= 0.3 is 12.1 Å². The Morgan fingerprint density at radius 1 is 0.802 bits per heavy atom. The molecule has 4 heterocycles. The highest BCUT2D eigenvalue weighted by Crippen LogP contribution is 2.47. The second-order valence-electron chi connectivity index (χ2n) is 21.3. The lowest BCUT2D eigenvalue weighted by molar-refractivity contribution is -0.277. The van der Waals surface area contributed by atoms with Gasteiger partial charge in [-0.25, -0.2) is 9.59 Å². The number of nitrogens with one attached hydrogen (secondary N) is 7. The third kappa shape index (κ3) is 15.6. The predicted octanol–water partition coefficient (Wildman–Crippen LogP) is 2.85. The van der Waals surface area contributed by atoms with Crippen LogP contribution in [0.15, 0.2) is 91.0 Å². The van der Waals surface area contributed by atoms with E-state index in [1.165, 1.54) is 12.2 Å². The van der Waals surface area contributed by atoms with Crippen LogP contribution in [0.25, 0.3) is 21.7 Å². The molecule has 1 aromatic heterocycles. The Bertz CT molecular complexity index is 3360. The summed E-state index contributed by atoms with van der Waals surface area (Å²) in [5, 5.41) is 59.0. The van der Waals surface area contributed by atoms with Crippen LogP contribution in [0.1, 0.15) is 79.9 Å². The number of fused-ring (bicyclic) bond motifs is 4. The monoisotopic (exact) mass is 1210 g/mol. The van der Waals surface area contributed by atoms with Gasteiger partial charge < -0.3 is 82.2 Å². The van der Waals surface area contributed by atoms with Crippen molar-refractivity contribution in [1.29, 1.82) is 0 Å². The summed E-state index contributed by atoms with van der Waals surface area (Å²) in [6.45, 7) is 2.73. The first-order valence-electron chi connectivity index (χ1n) is 28.0. The average molecular weight is 1210 g/mol. The molecule has 26 nitrogen and oxygen atoms in total. The van der Waals surface area contributed by atoms with Gasteiger partial charge in [-0.1, -0.05) is 56.7 Å². The van der Waals surface area contributed by atoms with Crippen molar-refractivity contribution >= 4 is 104 Å². The molecule has 0 radical (unpaired) electrons. The number of rotatable bonds is 26. The van der Waals surface area contributed by atoms with Crippen LogP contribution >= 0.6 is 11.6 Å². The number of aromatic nitrogens is 1. The number of nitrogens with zero attached hydrogens (tertiary/aromatic N) is 2. The number of aliphatic hydroxyl groups excluding tert-OH is 4. The van der Waals surface area contributed by atoms with E-state index in [2.05, 4.69) is 36.9 Å². The van der Waals surface area contributed by atoms with Crippen LogP contribution in [0.4, 0.5) is 26.7 Å². The molecule has 0 aliphatic carbocycles. The number of hydrogen-bond acceptors (Lipinski definition) is 16. The fourth-order valence-electron chi connectivity index (χ4n) is 10.3. The quantitative estimate of drug-likeness (QED) is 0.0215. The summed E-state index contributed by atoms with van der Waals surface area (Å²) >= 11 is 6.51. The zero-order valence-electron chi connectivity index (χ0n) is 47.1. The van der Waals surface area contributed by atoms with Gasteiger partial charge in [0.05, 0.1) is 12.3 Å². The third-order valence-electron chi connectivity index (χ3n) is 14.8. The lowest BCUT2D eigenvalue weighted by atomic mass is 9.95. The van der Waals surface area contributed by atoms with Crippen LogP contribution < -0.4 is 47.3 Å². The minimum atomic E-state index is -1.68. The third-order valence-corrected chi connectivity index (χ3v) is 15.2. The van der Waals surface area contributed by atoms with Gasteiger partial charge in [0, 0.05) is 83.7 Å². The Morgan fingerprint density at radius 3 is 2.22 bits per heavy atom. The summed E-state index contributed by atoms with van der Waals surface area (Å²) in [6, 6.07) is 18.9. The lowest BCUT2D eigenvalue weighted by Crippen LogP contribution is -2.60. The topological polar surface area (TPSA) is 383 Å². The average Bonchev–Trinajstić information content (AvgIpc) is 1.72. The maximum atomic E-state index is 14.4. The summed E-state index contributed by atoms with van der Waals surface area (Å²) in [7, 11) is 0. The molecule has 0 saturated carbocycles. The minimum absolute atomic E-state index is 0.0883. The number of alkyl carbamates (subject to hydrolysis) is 1. The molecule has 3 aliphatic heterocycles. The standard InChI is InChI=1S/C59H69ClN10O16/c1-31(2)50(68-45(72)12-4-3-7-22-69-47(74)19-20-48(69)75)55(80)67-40(11-8-21-62-58(61)82)54(79)65-35-15-13-32(14-16-35)30-84-59(83)63-27-46(73)64-36-17-18-39-33(23-36)24-41(66-39)56(81)70-28-34(26-60)49-38-10-6-5-9-37(38)43(25-42(49)70)85-57-53(78)52(77)51(76)44(29-71)86-57/h5-6,9-10,13-20,23-25,31,34,40,44,50-53,57,66,71,76-78H,3-4,7-8,11-12,21-22,26-30H2,1-2H3,(H,63,83)(H,64,73)(H,65,79)(H,67,80)(H,68,72)(H3,61,62,82). The first-order chi connectivity index (χ1) is 41.2. The van der Waals surface area contributed by atoms with E-state index < -0.39 is 97.6 Å². The number of amides is 10. The van der Waals surface area contributed by atoms with E-state index in [1.807, 2.05) is 12.1 Å². The van der Waals surface area contributed by atoms with Crippen molar-refractivity contribution in [3.63, 3.8) is 0 Å². The van der Waals surface area contributed by atoms with Gasteiger partial charge in [0.1, 0.15) is 61.1 Å². The highest BCUT2D eigenvalue weighted by molar-refractivity contribution is 6.19. The number of hydrogen-bond donors (Lipinski definition) is 12. The molecule has 8 rings (SSSR count). The first-order valence-corrected chi connectivity index (χ1v) is 28.6. The maximum Gasteiger partial charge on any atom is 0.407 e. The number of carbonyl (C=O) groups excluding carboxylic acids is 9. The molecule has 1 fully saturated rings. The summed E-state index contributed by atoms with van der Waals surface area (Å²) < 4.78 is 17.1. The minimum Gasteiger partial charge on any atom is -0.461 e. The molecule has 10 amide bonds. The van der Waals surface area contributed by atoms with E-state index in [0.717, 1.165) is 15.8 Å². The van der Waals surface area contributed by atoms with Crippen LogP contribution in [0.5, 0.6) is 5.75 Å². The molecule has 0 bridgehead atoms. The van der Waals surface area contributed by atoms with Gasteiger partial charge in [-0.05, 0) is 84.5 Å². The van der Waals surface area contributed by atoms with E-state index in [4.69, 9.17) is 31.5 Å². The molecule has 13 N–H and O–H groups in total. The molecule has 0 spiro atoms. The predicted molar refractivity (Wildman–Crippen MR) is 314 cm³/mol. The van der Waals surface area contributed by atoms with E-state index in [-0.39, 0.29) is 86.5 Å². The molecule has 8 unspecified atom stereocenters. The van der Waals surface area contributed by atoms with E-state index in [9.17, 15) is 63.6 Å². The van der Waals surface area contributed by atoms with E-state index >= 15 is 0 Å². The van der Waals surface area contributed by atoms with Crippen molar-refractivity contribution in [2.75, 3.05) is 54.2 Å². The number of aliphatic hydroxyl groups is 4. The van der Waals surface area contributed by atoms with E-state index in [0.29, 0.717) is 58.2 Å². The Kier molecular flexibility index (Phi) is 21.3. The number of aromatic amines is 1. The largest absolute Gasteiger partial charge is 0.461 e. The first kappa shape index (κ1) is 63.4. The molecule has 458 valence electrons. The number of imide groups is 1. The van der Waals surface area contributed by atoms with Gasteiger partial charge in [-0.3, -0.25) is 38.5 Å². The molecule has 3 aliphatic rings. The van der Waals surface area contributed by atoms with Crippen molar-refractivity contribution in [3.05, 3.63) is 108 Å². The number of unbranched alkanes of at least 4 members (excludes halogenated alkanes) is 2. The zero-order valence-corrected chi connectivity index (χ0v) is 47.8. The fraction of sp³-hybridized carbons (Fsp3) is 0.407. The number of benzene rings is 4. The van der Waals surface area contributed by atoms with Crippen molar-refractivity contribution in [2.45, 2.75) is 108 Å². The normalized spacial score (nSPS) is 19.7. The number of urea groups is 1. The molecular formula is C59H69ClN10O16. The number of primary amides is 1. The highest BCUT2D eigenvalue weighted by Gasteiger charge is 2.45. The second-order valence-corrected chi connectivity index (χ2v) is 21.6. The van der Waals surface area contributed by atoms with Gasteiger partial charge in [0.25, 0.3) is 17.7 Å². The summed E-state index contributed by atoms with van der Waals surface area (Å²) in [4.78, 5) is 121. The van der Waals surface area contributed by atoms with Crippen LogP contribution in [-0.2, 0) is 44.8 Å². The van der Waals surface area contributed by atoms with Gasteiger partial charge in [-0.2, -0.15) is 0 Å². The number of anilines is 3. The molecule has 86 heavy (non-hydrogen) atoms. The highest BCUT2D eigenvalue weighted by atomic mass is 35.5. The molecule has 1 saturated heterocycles.